The summed E-state index contributed by atoms with van der Waals surface area (Å²) in [7, 11) is 1.74. The van der Waals surface area contributed by atoms with Crippen LogP contribution in [0.15, 0.2) is 24.3 Å². The number of hydrogen-bond donors (Lipinski definition) is 1. The van der Waals surface area contributed by atoms with Crippen molar-refractivity contribution in [2.45, 2.75) is 38.2 Å². The van der Waals surface area contributed by atoms with Crippen LogP contribution >= 0.6 is 0 Å². The number of carbonyl (C=O) groups is 1. The van der Waals surface area contributed by atoms with Gasteiger partial charge in [-0.3, -0.25) is 4.79 Å². The summed E-state index contributed by atoms with van der Waals surface area (Å²) in [6.07, 6.45) is 4.87. The van der Waals surface area contributed by atoms with Gasteiger partial charge in [0.2, 0.25) is 5.91 Å². The molecular weight excluding hydrogens is 254 g/mol. The van der Waals surface area contributed by atoms with Crippen LogP contribution in [-0.2, 0) is 16.0 Å². The van der Waals surface area contributed by atoms with Crippen molar-refractivity contribution in [3.05, 3.63) is 29.8 Å². The van der Waals surface area contributed by atoms with Crippen molar-refractivity contribution in [2.75, 3.05) is 13.7 Å². The first-order valence-corrected chi connectivity index (χ1v) is 7.22. The minimum atomic E-state index is -0.288. The Morgan fingerprint density at radius 1 is 1.40 bits per heavy atom. The van der Waals surface area contributed by atoms with Crippen LogP contribution in [0, 0.1) is 5.92 Å². The molecule has 1 fully saturated rings. The molecule has 1 saturated carbocycles. The van der Waals surface area contributed by atoms with E-state index < -0.39 is 0 Å². The maximum absolute atomic E-state index is 10.9. The number of aryl methyl sites for hydroxylation is 1. The summed E-state index contributed by atoms with van der Waals surface area (Å²) in [4.78, 5) is 10.9. The van der Waals surface area contributed by atoms with E-state index in [9.17, 15) is 4.79 Å². The van der Waals surface area contributed by atoms with E-state index in [0.29, 0.717) is 25.4 Å². The van der Waals surface area contributed by atoms with E-state index in [1.807, 2.05) is 24.3 Å². The van der Waals surface area contributed by atoms with E-state index in [1.165, 1.54) is 19.3 Å². The zero-order valence-electron chi connectivity index (χ0n) is 12.0. The molecule has 0 radical (unpaired) electrons. The maximum Gasteiger partial charge on any atom is 0.217 e. The first-order chi connectivity index (χ1) is 9.70. The lowest BCUT2D eigenvalue weighted by atomic mass is 9.81. The van der Waals surface area contributed by atoms with E-state index in [-0.39, 0.29) is 12.0 Å². The molecule has 1 amide bonds. The highest BCUT2D eigenvalue weighted by atomic mass is 16.5. The Morgan fingerprint density at radius 3 is 2.75 bits per heavy atom. The zero-order chi connectivity index (χ0) is 14.4. The lowest BCUT2D eigenvalue weighted by Crippen LogP contribution is -2.33. The molecule has 1 aliphatic rings. The van der Waals surface area contributed by atoms with Gasteiger partial charge in [0.1, 0.15) is 12.4 Å². The van der Waals surface area contributed by atoms with E-state index in [1.54, 1.807) is 7.11 Å². The Bertz CT molecular complexity index is 443. The van der Waals surface area contributed by atoms with Crippen LogP contribution in [0.4, 0.5) is 0 Å². The largest absolute Gasteiger partial charge is 0.491 e. The average Bonchev–Trinajstić information content (AvgIpc) is 2.39. The topological polar surface area (TPSA) is 61.6 Å². The quantitative estimate of drug-likeness (QED) is 0.793. The third-order valence-electron chi connectivity index (χ3n) is 3.99. The maximum atomic E-state index is 10.9. The number of primary amides is 1. The van der Waals surface area contributed by atoms with Crippen molar-refractivity contribution >= 4 is 5.91 Å². The summed E-state index contributed by atoms with van der Waals surface area (Å²) in [6, 6.07) is 7.80. The average molecular weight is 277 g/mol. The highest BCUT2D eigenvalue weighted by molar-refractivity contribution is 5.74. The molecule has 1 aromatic carbocycles. The molecule has 2 rings (SSSR count). The number of ether oxygens (including phenoxy) is 2. The Kier molecular flexibility index (Phi) is 5.41. The number of carbonyl (C=O) groups excluding carboxylic acids is 1. The van der Waals surface area contributed by atoms with E-state index in [2.05, 4.69) is 0 Å². The first kappa shape index (κ1) is 14.9. The number of rotatable bonds is 8. The summed E-state index contributed by atoms with van der Waals surface area (Å²) in [5.41, 5.74) is 6.22. The summed E-state index contributed by atoms with van der Waals surface area (Å²) in [5, 5.41) is 0. The molecular formula is C16H23NO3. The first-order valence-electron chi connectivity index (χ1n) is 7.22. The number of nitrogens with two attached hydrogens (primary N) is 1. The third kappa shape index (κ3) is 3.97. The molecule has 20 heavy (non-hydrogen) atoms. The van der Waals surface area contributed by atoms with Gasteiger partial charge in [-0.25, -0.2) is 0 Å². The Balaban J connectivity index is 1.92. The van der Waals surface area contributed by atoms with Crippen LogP contribution in [0.25, 0.3) is 0 Å². The predicted octanol–water partition coefficient (Wildman–Crippen LogP) is 2.30. The third-order valence-corrected chi connectivity index (χ3v) is 3.99. The van der Waals surface area contributed by atoms with Gasteiger partial charge in [0.25, 0.3) is 0 Å². The number of amides is 1. The van der Waals surface area contributed by atoms with Gasteiger partial charge >= 0.3 is 0 Å². The molecule has 4 nitrogen and oxygen atoms in total. The Morgan fingerprint density at radius 2 is 2.15 bits per heavy atom. The SMILES string of the molecule is COC(COc1ccccc1CCC(N)=O)C1CCC1. The van der Waals surface area contributed by atoms with Crippen LogP contribution < -0.4 is 10.5 Å². The lowest BCUT2D eigenvalue weighted by molar-refractivity contribution is -0.117. The van der Waals surface area contributed by atoms with Crippen LogP contribution in [-0.4, -0.2) is 25.7 Å². The van der Waals surface area contributed by atoms with Crippen molar-refractivity contribution in [1.82, 2.24) is 0 Å². The number of hydrogen-bond acceptors (Lipinski definition) is 3. The summed E-state index contributed by atoms with van der Waals surface area (Å²) >= 11 is 0. The molecule has 0 aromatic heterocycles. The van der Waals surface area contributed by atoms with Crippen molar-refractivity contribution in [2.24, 2.45) is 11.7 Å². The van der Waals surface area contributed by atoms with E-state index in [4.69, 9.17) is 15.2 Å². The second kappa shape index (κ2) is 7.29. The van der Waals surface area contributed by atoms with Gasteiger partial charge in [-0.05, 0) is 36.8 Å². The number of benzene rings is 1. The fourth-order valence-electron chi connectivity index (χ4n) is 2.49. The predicted molar refractivity (Wildman–Crippen MR) is 77.6 cm³/mol. The Hall–Kier alpha value is -1.55. The van der Waals surface area contributed by atoms with Gasteiger partial charge in [0, 0.05) is 13.5 Å². The van der Waals surface area contributed by atoms with Crippen molar-refractivity contribution < 1.29 is 14.3 Å². The molecule has 0 saturated heterocycles. The summed E-state index contributed by atoms with van der Waals surface area (Å²) < 4.78 is 11.4. The molecule has 1 aromatic rings. The molecule has 1 atom stereocenters. The standard InChI is InChI=1S/C16H23NO3/c1-19-15(12-6-4-7-12)11-20-14-8-3-2-5-13(14)9-10-16(17)18/h2-3,5,8,12,15H,4,6-7,9-11H2,1H3,(H2,17,18). The van der Waals surface area contributed by atoms with Crippen molar-refractivity contribution in [3.8, 4) is 5.75 Å². The van der Waals surface area contributed by atoms with Gasteiger partial charge in [0.15, 0.2) is 0 Å². The van der Waals surface area contributed by atoms with Crippen LogP contribution in [0.2, 0.25) is 0 Å². The smallest absolute Gasteiger partial charge is 0.217 e. The molecule has 110 valence electrons. The van der Waals surface area contributed by atoms with E-state index >= 15 is 0 Å². The molecule has 1 aliphatic carbocycles. The summed E-state index contributed by atoms with van der Waals surface area (Å²) in [6.45, 7) is 0.564. The normalized spacial score (nSPS) is 16.4. The van der Waals surface area contributed by atoms with Crippen LogP contribution in [0.3, 0.4) is 0 Å². The molecule has 1 unspecified atom stereocenters. The zero-order valence-corrected chi connectivity index (χ0v) is 12.0. The fourth-order valence-corrected chi connectivity index (χ4v) is 2.49. The van der Waals surface area contributed by atoms with Gasteiger partial charge < -0.3 is 15.2 Å². The monoisotopic (exact) mass is 277 g/mol. The molecule has 0 heterocycles. The summed E-state index contributed by atoms with van der Waals surface area (Å²) in [5.74, 6) is 1.16. The molecule has 0 bridgehead atoms. The fraction of sp³-hybridized carbons (Fsp3) is 0.562. The van der Waals surface area contributed by atoms with Crippen molar-refractivity contribution in [1.29, 1.82) is 0 Å². The van der Waals surface area contributed by atoms with Crippen molar-refractivity contribution in [3.63, 3.8) is 0 Å². The van der Waals surface area contributed by atoms with Gasteiger partial charge in [-0.2, -0.15) is 0 Å². The molecule has 0 spiro atoms. The molecule has 4 heteroatoms. The van der Waals surface area contributed by atoms with Gasteiger partial charge in [-0.1, -0.05) is 24.6 Å². The van der Waals surface area contributed by atoms with Crippen LogP contribution in [0.1, 0.15) is 31.2 Å². The second-order valence-electron chi connectivity index (χ2n) is 5.35. The number of para-hydroxylation sites is 1. The van der Waals surface area contributed by atoms with Crippen LogP contribution in [0.5, 0.6) is 5.75 Å². The van der Waals surface area contributed by atoms with E-state index in [0.717, 1.165) is 11.3 Å². The number of methoxy groups -OCH3 is 1. The second-order valence-corrected chi connectivity index (χ2v) is 5.35. The molecule has 2 N–H and O–H groups in total. The van der Waals surface area contributed by atoms with Gasteiger partial charge in [0.05, 0.1) is 6.10 Å². The minimum absolute atomic E-state index is 0.160. The minimum Gasteiger partial charge on any atom is -0.491 e. The Labute approximate surface area is 120 Å². The van der Waals surface area contributed by atoms with Gasteiger partial charge in [-0.15, -0.1) is 0 Å². The highest BCUT2D eigenvalue weighted by Crippen LogP contribution is 2.31. The lowest BCUT2D eigenvalue weighted by Gasteiger charge is -2.32. The highest BCUT2D eigenvalue weighted by Gasteiger charge is 2.27. The molecule has 0 aliphatic heterocycles.